The number of nitrogens with one attached hydrogen (secondary N) is 1. The minimum atomic E-state index is -0.521. The van der Waals surface area contributed by atoms with Gasteiger partial charge in [0.2, 0.25) is 0 Å². The molecular formula is C15H16ClN3O2. The molecule has 0 spiro atoms. The van der Waals surface area contributed by atoms with Gasteiger partial charge < -0.3 is 10.1 Å². The van der Waals surface area contributed by atoms with Gasteiger partial charge in [0.15, 0.2) is 0 Å². The lowest BCUT2D eigenvalue weighted by molar-refractivity contribution is 0.0529. The highest BCUT2D eigenvalue weighted by molar-refractivity contribution is 6.30. The number of hydrogen-bond acceptors (Lipinski definition) is 4. The van der Waals surface area contributed by atoms with E-state index in [1.807, 2.05) is 6.07 Å². The predicted octanol–water partition coefficient (Wildman–Crippen LogP) is 2.87. The van der Waals surface area contributed by atoms with Crippen molar-refractivity contribution >= 4 is 17.7 Å². The number of halogens is 1. The molecule has 0 aliphatic carbocycles. The Morgan fingerprint density at radius 2 is 2.24 bits per heavy atom. The van der Waals surface area contributed by atoms with Crippen molar-refractivity contribution in [2.45, 2.75) is 32.8 Å². The summed E-state index contributed by atoms with van der Waals surface area (Å²) in [4.78, 5) is 15.2. The van der Waals surface area contributed by atoms with Crippen LogP contribution < -0.4 is 5.32 Å². The van der Waals surface area contributed by atoms with Crippen molar-refractivity contribution in [2.75, 3.05) is 6.54 Å². The predicted molar refractivity (Wildman–Crippen MR) is 79.7 cm³/mol. The Balaban J connectivity index is 2.48. The Morgan fingerprint density at radius 1 is 1.52 bits per heavy atom. The molecule has 1 rings (SSSR count). The van der Waals surface area contributed by atoms with E-state index in [9.17, 15) is 4.79 Å². The third-order valence-electron chi connectivity index (χ3n) is 2.11. The Kier molecular flexibility index (Phi) is 6.02. The molecule has 1 amide bonds. The second-order valence-electron chi connectivity index (χ2n) is 5.15. The average molecular weight is 306 g/mol. The lowest BCUT2D eigenvalue weighted by Crippen LogP contribution is -2.32. The molecule has 0 unspecified atom stereocenters. The molecule has 1 heterocycles. The van der Waals surface area contributed by atoms with Crippen molar-refractivity contribution in [3.05, 3.63) is 28.5 Å². The van der Waals surface area contributed by atoms with Gasteiger partial charge in [-0.1, -0.05) is 23.4 Å². The van der Waals surface area contributed by atoms with E-state index in [-0.39, 0.29) is 5.15 Å². The maximum Gasteiger partial charge on any atom is 0.407 e. The van der Waals surface area contributed by atoms with Crippen molar-refractivity contribution in [3.8, 4) is 17.9 Å². The molecule has 0 aromatic carbocycles. The van der Waals surface area contributed by atoms with E-state index in [4.69, 9.17) is 21.6 Å². The molecule has 0 saturated heterocycles. The number of nitrogens with zero attached hydrogens (tertiary/aromatic N) is 2. The molecule has 1 aromatic heterocycles. The summed E-state index contributed by atoms with van der Waals surface area (Å²) in [5.41, 5.74) is 0.371. The third kappa shape index (κ3) is 6.65. The van der Waals surface area contributed by atoms with Gasteiger partial charge in [0.25, 0.3) is 0 Å². The van der Waals surface area contributed by atoms with Crippen molar-refractivity contribution in [1.29, 1.82) is 5.26 Å². The Labute approximate surface area is 129 Å². The summed E-state index contributed by atoms with van der Waals surface area (Å²) in [7, 11) is 0. The maximum absolute atomic E-state index is 11.4. The molecule has 0 radical (unpaired) electrons. The maximum atomic E-state index is 11.4. The van der Waals surface area contributed by atoms with E-state index in [1.165, 1.54) is 6.20 Å². The molecule has 0 saturated carbocycles. The lowest BCUT2D eigenvalue weighted by atomic mass is 10.2. The zero-order valence-corrected chi connectivity index (χ0v) is 12.9. The van der Waals surface area contributed by atoms with Gasteiger partial charge >= 0.3 is 6.09 Å². The highest BCUT2D eigenvalue weighted by Gasteiger charge is 2.15. The Hall–Kier alpha value is -2.24. The first kappa shape index (κ1) is 16.8. The molecule has 6 heteroatoms. The van der Waals surface area contributed by atoms with Crippen LogP contribution in [0.2, 0.25) is 5.15 Å². The smallest absolute Gasteiger partial charge is 0.407 e. The van der Waals surface area contributed by atoms with Crippen molar-refractivity contribution in [1.82, 2.24) is 10.3 Å². The summed E-state index contributed by atoms with van der Waals surface area (Å²) in [6.07, 6.45) is 1.35. The van der Waals surface area contributed by atoms with Gasteiger partial charge in [0, 0.05) is 19.2 Å². The highest BCUT2D eigenvalue weighted by atomic mass is 35.5. The first-order valence-electron chi connectivity index (χ1n) is 6.33. The van der Waals surface area contributed by atoms with E-state index in [0.29, 0.717) is 24.1 Å². The number of pyridine rings is 1. The first-order chi connectivity index (χ1) is 9.81. The largest absolute Gasteiger partial charge is 0.444 e. The van der Waals surface area contributed by atoms with Crippen LogP contribution in [0.25, 0.3) is 0 Å². The zero-order chi connectivity index (χ0) is 15.9. The highest BCUT2D eigenvalue weighted by Crippen LogP contribution is 2.12. The molecule has 0 bridgehead atoms. The molecule has 5 nitrogen and oxygen atoms in total. The standard InChI is InChI=1S/C15H16ClN3O2/c1-15(2,3)21-14(20)18-7-5-4-6-12-8-11(9-17)10-19-13(12)16/h8,10H,5,7H2,1-3H3,(H,18,20). The lowest BCUT2D eigenvalue weighted by Gasteiger charge is -2.19. The molecule has 0 fully saturated rings. The first-order valence-corrected chi connectivity index (χ1v) is 6.71. The number of hydrogen-bond donors (Lipinski definition) is 1. The van der Waals surface area contributed by atoms with Crippen molar-refractivity contribution in [3.63, 3.8) is 0 Å². The molecule has 1 N–H and O–H groups in total. The summed E-state index contributed by atoms with van der Waals surface area (Å²) >= 11 is 5.88. The summed E-state index contributed by atoms with van der Waals surface area (Å²) < 4.78 is 5.09. The fourth-order valence-electron chi connectivity index (χ4n) is 1.30. The van der Waals surface area contributed by atoms with Crippen LogP contribution in [0.5, 0.6) is 0 Å². The van der Waals surface area contributed by atoms with E-state index in [1.54, 1.807) is 26.8 Å². The quantitative estimate of drug-likeness (QED) is 0.518. The van der Waals surface area contributed by atoms with Crippen LogP contribution in [0.1, 0.15) is 38.3 Å². The molecular weight excluding hydrogens is 290 g/mol. The molecule has 0 aliphatic heterocycles. The van der Waals surface area contributed by atoms with Crippen LogP contribution >= 0.6 is 11.6 Å². The fraction of sp³-hybridized carbons (Fsp3) is 0.400. The van der Waals surface area contributed by atoms with Crippen LogP contribution in [0.15, 0.2) is 12.3 Å². The molecule has 1 aromatic rings. The van der Waals surface area contributed by atoms with Crippen LogP contribution in [0.3, 0.4) is 0 Å². The molecule has 21 heavy (non-hydrogen) atoms. The van der Waals surface area contributed by atoms with Gasteiger partial charge in [-0.3, -0.25) is 0 Å². The SMILES string of the molecule is CC(C)(C)OC(=O)NCCC#Cc1cc(C#N)cnc1Cl. The van der Waals surface area contributed by atoms with Crippen molar-refractivity contribution < 1.29 is 9.53 Å². The number of nitriles is 1. The van der Waals surface area contributed by atoms with Gasteiger partial charge in [0.05, 0.1) is 11.1 Å². The van der Waals surface area contributed by atoms with Crippen LogP contribution in [-0.4, -0.2) is 23.2 Å². The fourth-order valence-corrected chi connectivity index (χ4v) is 1.45. The number of carbonyl (C=O) groups is 1. The minimum Gasteiger partial charge on any atom is -0.444 e. The summed E-state index contributed by atoms with van der Waals surface area (Å²) in [5.74, 6) is 5.68. The second-order valence-corrected chi connectivity index (χ2v) is 5.51. The summed E-state index contributed by atoms with van der Waals surface area (Å²) in [6, 6.07) is 3.54. The number of rotatable bonds is 2. The monoisotopic (exact) mass is 305 g/mol. The number of ether oxygens (including phenoxy) is 1. The van der Waals surface area contributed by atoms with Gasteiger partial charge in [-0.25, -0.2) is 9.78 Å². The van der Waals surface area contributed by atoms with Crippen molar-refractivity contribution in [2.24, 2.45) is 0 Å². The van der Waals surface area contributed by atoms with Crippen LogP contribution in [0, 0.1) is 23.2 Å². The molecule has 0 aliphatic rings. The molecule has 110 valence electrons. The van der Waals surface area contributed by atoms with Crippen LogP contribution in [-0.2, 0) is 4.74 Å². The third-order valence-corrected chi connectivity index (χ3v) is 2.41. The minimum absolute atomic E-state index is 0.251. The number of amides is 1. The number of aromatic nitrogens is 1. The topological polar surface area (TPSA) is 75.0 Å². The van der Waals surface area contributed by atoms with E-state index in [0.717, 1.165) is 0 Å². The zero-order valence-electron chi connectivity index (χ0n) is 12.2. The number of carbonyl (C=O) groups excluding carboxylic acids is 1. The average Bonchev–Trinajstić information content (AvgIpc) is 2.38. The van der Waals surface area contributed by atoms with Crippen LogP contribution in [0.4, 0.5) is 4.79 Å². The van der Waals surface area contributed by atoms with E-state index < -0.39 is 11.7 Å². The van der Waals surface area contributed by atoms with Gasteiger partial charge in [-0.05, 0) is 26.8 Å². The summed E-state index contributed by atoms with van der Waals surface area (Å²) in [6.45, 7) is 5.75. The molecule has 0 atom stereocenters. The van der Waals surface area contributed by atoms with Gasteiger partial charge in [0.1, 0.15) is 16.8 Å². The second kappa shape index (κ2) is 7.52. The summed E-state index contributed by atoms with van der Waals surface area (Å²) in [5, 5.41) is 11.6. The normalized spacial score (nSPS) is 10.0. The van der Waals surface area contributed by atoms with Gasteiger partial charge in [-0.15, -0.1) is 0 Å². The Bertz CT molecular complexity index is 619. The van der Waals surface area contributed by atoms with Gasteiger partial charge in [-0.2, -0.15) is 5.26 Å². The Morgan fingerprint density at radius 3 is 2.86 bits per heavy atom. The van der Waals surface area contributed by atoms with E-state index >= 15 is 0 Å². The number of alkyl carbamates (subject to hydrolysis) is 1. The van der Waals surface area contributed by atoms with E-state index in [2.05, 4.69) is 22.1 Å².